The fourth-order valence-electron chi connectivity index (χ4n) is 2.35. The van der Waals surface area contributed by atoms with E-state index in [1.165, 1.54) is 7.11 Å². The zero-order valence-electron chi connectivity index (χ0n) is 13.5. The Hall–Kier alpha value is -2.93. The summed E-state index contributed by atoms with van der Waals surface area (Å²) in [7, 11) is 1.53. The molecule has 3 rings (SSSR count). The van der Waals surface area contributed by atoms with Gasteiger partial charge in [-0.3, -0.25) is 10.1 Å². The number of ether oxygens (including phenoxy) is 2. The molecular formula is C17H18N4O3. The molecular weight excluding hydrogens is 308 g/mol. The lowest BCUT2D eigenvalue weighted by molar-refractivity contribution is 0.256. The number of nitrogens with zero attached hydrogens (tertiary/aromatic N) is 3. The van der Waals surface area contributed by atoms with Crippen molar-refractivity contribution in [1.29, 1.82) is 0 Å². The lowest BCUT2D eigenvalue weighted by Crippen LogP contribution is -2.03. The summed E-state index contributed by atoms with van der Waals surface area (Å²) in [5.41, 5.74) is 4.19. The number of aromatic amines is 1. The molecule has 0 bridgehead atoms. The quantitative estimate of drug-likeness (QED) is 0.722. The molecule has 0 radical (unpaired) electrons. The van der Waals surface area contributed by atoms with Crippen molar-refractivity contribution in [2.24, 2.45) is 0 Å². The largest absolute Gasteiger partial charge is 0.487 e. The molecule has 0 fully saturated rings. The number of rotatable bonds is 6. The molecule has 0 aliphatic carbocycles. The molecule has 3 heterocycles. The number of hydrogen-bond acceptors (Lipinski definition) is 6. The highest BCUT2D eigenvalue weighted by Gasteiger charge is 2.12. The van der Waals surface area contributed by atoms with Crippen LogP contribution in [0.5, 0.6) is 11.6 Å². The van der Waals surface area contributed by atoms with E-state index in [1.54, 1.807) is 24.7 Å². The van der Waals surface area contributed by atoms with Gasteiger partial charge in [-0.05, 0) is 18.6 Å². The Morgan fingerprint density at radius 3 is 2.79 bits per heavy atom. The van der Waals surface area contributed by atoms with E-state index >= 15 is 0 Å². The fraction of sp³-hybridized carbons (Fsp3) is 0.235. The van der Waals surface area contributed by atoms with E-state index in [2.05, 4.69) is 20.2 Å². The Morgan fingerprint density at radius 2 is 2.08 bits per heavy atom. The van der Waals surface area contributed by atoms with Crippen LogP contribution in [0.1, 0.15) is 16.7 Å². The third-order valence-corrected chi connectivity index (χ3v) is 3.64. The number of aromatic nitrogens is 4. The van der Waals surface area contributed by atoms with Crippen LogP contribution in [-0.4, -0.2) is 32.4 Å². The summed E-state index contributed by atoms with van der Waals surface area (Å²) in [6.07, 6.45) is 5.03. The number of pyridine rings is 2. The predicted octanol–water partition coefficient (Wildman–Crippen LogP) is 2.26. The topological polar surface area (TPSA) is 93.2 Å². The van der Waals surface area contributed by atoms with Crippen LogP contribution in [0.4, 0.5) is 0 Å². The molecule has 124 valence electrons. The standard InChI is InChI=1S/C17H18N4O3/c1-11-7-20-21-16(11)17-12(4-3-5-18-17)10-24-14-8-19-15(23-2)6-13(14)9-22/h3-8,22H,9-10H2,1-2H3,(H,20,21). The van der Waals surface area contributed by atoms with Crippen molar-refractivity contribution in [2.45, 2.75) is 20.1 Å². The van der Waals surface area contributed by atoms with Gasteiger partial charge in [0.2, 0.25) is 5.88 Å². The molecule has 24 heavy (non-hydrogen) atoms. The Kier molecular flexibility index (Phi) is 4.72. The Balaban J connectivity index is 1.85. The number of hydrogen-bond donors (Lipinski definition) is 2. The number of H-pyrrole nitrogens is 1. The highest BCUT2D eigenvalue weighted by Crippen LogP contribution is 2.26. The lowest BCUT2D eigenvalue weighted by atomic mass is 10.1. The molecule has 3 aromatic heterocycles. The summed E-state index contributed by atoms with van der Waals surface area (Å²) in [6, 6.07) is 5.45. The summed E-state index contributed by atoms with van der Waals surface area (Å²) in [6.45, 7) is 2.10. The Labute approximate surface area is 139 Å². The summed E-state index contributed by atoms with van der Waals surface area (Å²) >= 11 is 0. The van der Waals surface area contributed by atoms with Crippen molar-refractivity contribution in [2.75, 3.05) is 7.11 Å². The molecule has 0 unspecified atom stereocenters. The molecule has 0 amide bonds. The van der Waals surface area contributed by atoms with Crippen molar-refractivity contribution < 1.29 is 14.6 Å². The van der Waals surface area contributed by atoms with Crippen molar-refractivity contribution >= 4 is 0 Å². The van der Waals surface area contributed by atoms with E-state index in [-0.39, 0.29) is 6.61 Å². The molecule has 0 atom stereocenters. The summed E-state index contributed by atoms with van der Waals surface area (Å²) in [5.74, 6) is 0.941. The molecule has 2 N–H and O–H groups in total. The van der Waals surface area contributed by atoms with Gasteiger partial charge in [0.25, 0.3) is 0 Å². The van der Waals surface area contributed by atoms with Gasteiger partial charge in [-0.1, -0.05) is 6.07 Å². The van der Waals surface area contributed by atoms with Crippen LogP contribution >= 0.6 is 0 Å². The molecule has 0 aromatic carbocycles. The van der Waals surface area contributed by atoms with Gasteiger partial charge in [0.05, 0.1) is 37.5 Å². The van der Waals surface area contributed by atoms with E-state index in [1.807, 2.05) is 19.1 Å². The maximum absolute atomic E-state index is 9.49. The van der Waals surface area contributed by atoms with Crippen LogP contribution in [0, 0.1) is 6.92 Å². The Morgan fingerprint density at radius 1 is 1.21 bits per heavy atom. The van der Waals surface area contributed by atoms with Crippen molar-refractivity contribution in [1.82, 2.24) is 20.2 Å². The van der Waals surface area contributed by atoms with E-state index in [9.17, 15) is 5.11 Å². The van der Waals surface area contributed by atoms with Gasteiger partial charge < -0.3 is 14.6 Å². The van der Waals surface area contributed by atoms with Crippen LogP contribution in [0.15, 0.2) is 36.8 Å². The van der Waals surface area contributed by atoms with E-state index in [0.717, 1.165) is 22.5 Å². The number of nitrogens with one attached hydrogen (secondary N) is 1. The van der Waals surface area contributed by atoms with E-state index < -0.39 is 0 Å². The smallest absolute Gasteiger partial charge is 0.213 e. The molecule has 7 heteroatoms. The number of aliphatic hydroxyl groups is 1. The van der Waals surface area contributed by atoms with Gasteiger partial charge in [-0.25, -0.2) is 4.98 Å². The summed E-state index contributed by atoms with van der Waals surface area (Å²) in [5, 5.41) is 16.5. The second-order valence-corrected chi connectivity index (χ2v) is 5.22. The van der Waals surface area contributed by atoms with Crippen LogP contribution in [-0.2, 0) is 13.2 Å². The van der Waals surface area contributed by atoms with E-state index in [0.29, 0.717) is 23.8 Å². The van der Waals surface area contributed by atoms with Crippen LogP contribution in [0.2, 0.25) is 0 Å². The minimum Gasteiger partial charge on any atom is -0.487 e. The van der Waals surface area contributed by atoms with Crippen LogP contribution < -0.4 is 9.47 Å². The Bertz CT molecular complexity index is 832. The third-order valence-electron chi connectivity index (χ3n) is 3.64. The summed E-state index contributed by atoms with van der Waals surface area (Å²) < 4.78 is 10.9. The SMILES string of the molecule is COc1cc(CO)c(OCc2cccnc2-c2[nH]ncc2C)cn1. The molecule has 0 saturated carbocycles. The third kappa shape index (κ3) is 3.21. The first-order valence-corrected chi connectivity index (χ1v) is 7.43. The van der Waals surface area contributed by atoms with Crippen LogP contribution in [0.3, 0.4) is 0 Å². The normalized spacial score (nSPS) is 10.6. The van der Waals surface area contributed by atoms with Gasteiger partial charge in [0, 0.05) is 23.4 Å². The maximum Gasteiger partial charge on any atom is 0.213 e. The van der Waals surface area contributed by atoms with Crippen molar-refractivity contribution in [3.8, 4) is 23.0 Å². The first-order chi connectivity index (χ1) is 11.7. The first kappa shape index (κ1) is 15.9. The van der Waals surface area contributed by atoms with Crippen molar-refractivity contribution in [3.63, 3.8) is 0 Å². The first-order valence-electron chi connectivity index (χ1n) is 7.43. The van der Waals surface area contributed by atoms with Gasteiger partial charge >= 0.3 is 0 Å². The minimum atomic E-state index is -0.159. The highest BCUT2D eigenvalue weighted by atomic mass is 16.5. The van der Waals surface area contributed by atoms with Gasteiger partial charge in [-0.15, -0.1) is 0 Å². The molecule has 3 aromatic rings. The molecule has 0 aliphatic heterocycles. The minimum absolute atomic E-state index is 0.159. The van der Waals surface area contributed by atoms with Gasteiger partial charge in [0.1, 0.15) is 12.4 Å². The van der Waals surface area contributed by atoms with Gasteiger partial charge in [0.15, 0.2) is 0 Å². The molecule has 0 spiro atoms. The number of aryl methyl sites for hydroxylation is 1. The average Bonchev–Trinajstić information content (AvgIpc) is 3.05. The summed E-state index contributed by atoms with van der Waals surface area (Å²) in [4.78, 5) is 8.54. The monoisotopic (exact) mass is 326 g/mol. The average molecular weight is 326 g/mol. The number of methoxy groups -OCH3 is 1. The number of aliphatic hydroxyl groups excluding tert-OH is 1. The molecule has 0 saturated heterocycles. The molecule has 0 aliphatic rings. The van der Waals surface area contributed by atoms with Gasteiger partial charge in [-0.2, -0.15) is 5.10 Å². The second-order valence-electron chi connectivity index (χ2n) is 5.22. The molecule has 7 nitrogen and oxygen atoms in total. The van der Waals surface area contributed by atoms with E-state index in [4.69, 9.17) is 9.47 Å². The second kappa shape index (κ2) is 7.10. The van der Waals surface area contributed by atoms with Crippen LogP contribution in [0.25, 0.3) is 11.4 Å². The lowest BCUT2D eigenvalue weighted by Gasteiger charge is -2.12. The zero-order chi connectivity index (χ0) is 16.9. The zero-order valence-corrected chi connectivity index (χ0v) is 13.5. The fourth-order valence-corrected chi connectivity index (χ4v) is 2.35. The predicted molar refractivity (Wildman–Crippen MR) is 87.6 cm³/mol. The highest BCUT2D eigenvalue weighted by molar-refractivity contribution is 5.61. The maximum atomic E-state index is 9.49. The van der Waals surface area contributed by atoms with Crippen molar-refractivity contribution in [3.05, 3.63) is 53.5 Å².